The van der Waals surface area contributed by atoms with Crippen molar-refractivity contribution < 1.29 is 9.21 Å². The highest BCUT2D eigenvalue weighted by atomic mass is 32.2. The van der Waals surface area contributed by atoms with Gasteiger partial charge in [-0.05, 0) is 41.4 Å². The number of benzene rings is 1. The van der Waals surface area contributed by atoms with Crippen LogP contribution in [0.3, 0.4) is 0 Å². The molecule has 0 amide bonds. The lowest BCUT2D eigenvalue weighted by Gasteiger charge is -2.45. The summed E-state index contributed by atoms with van der Waals surface area (Å²) in [7, 11) is 0. The molecule has 2 N–H and O–H groups in total. The molecule has 1 spiro atoms. The van der Waals surface area contributed by atoms with Crippen LogP contribution in [0.25, 0.3) is 0 Å². The van der Waals surface area contributed by atoms with Crippen LogP contribution in [0.5, 0.6) is 0 Å². The number of aromatic nitrogens is 1. The van der Waals surface area contributed by atoms with E-state index in [9.17, 15) is 4.79 Å². The molecule has 5 nitrogen and oxygen atoms in total. The number of hydrogen-bond donors (Lipinski definition) is 1. The third kappa shape index (κ3) is 3.55. The minimum absolute atomic E-state index is 0.0285. The largest absolute Gasteiger partial charge is 0.449 e. The first kappa shape index (κ1) is 18.3. The van der Waals surface area contributed by atoms with E-state index < -0.39 is 0 Å². The quantitative estimate of drug-likeness (QED) is 0.809. The van der Waals surface area contributed by atoms with E-state index in [4.69, 9.17) is 15.1 Å². The predicted octanol–water partition coefficient (Wildman–Crippen LogP) is 4.03. The van der Waals surface area contributed by atoms with Crippen molar-refractivity contribution in [2.45, 2.75) is 52.0 Å². The van der Waals surface area contributed by atoms with E-state index in [0.29, 0.717) is 23.2 Å². The highest BCUT2D eigenvalue weighted by molar-refractivity contribution is 8.13. The van der Waals surface area contributed by atoms with Crippen LogP contribution in [0.1, 0.15) is 59.8 Å². The highest BCUT2D eigenvalue weighted by Crippen LogP contribution is 2.50. The minimum atomic E-state index is -0.268. The molecule has 0 radical (unpaired) electrons. The van der Waals surface area contributed by atoms with Crippen molar-refractivity contribution >= 4 is 22.7 Å². The van der Waals surface area contributed by atoms with Gasteiger partial charge in [-0.25, -0.2) is 4.98 Å². The van der Waals surface area contributed by atoms with Gasteiger partial charge in [0.1, 0.15) is 12.0 Å². The third-order valence-corrected chi connectivity index (χ3v) is 6.27. The van der Waals surface area contributed by atoms with Crippen LogP contribution in [0.4, 0.5) is 0 Å². The van der Waals surface area contributed by atoms with Gasteiger partial charge in [-0.1, -0.05) is 43.8 Å². The monoisotopic (exact) mass is 383 g/mol. The van der Waals surface area contributed by atoms with Crippen molar-refractivity contribution in [1.29, 1.82) is 0 Å². The van der Waals surface area contributed by atoms with Crippen LogP contribution in [-0.2, 0) is 18.4 Å². The number of amidine groups is 1. The lowest BCUT2D eigenvalue weighted by molar-refractivity contribution is 0.0988. The van der Waals surface area contributed by atoms with Crippen LogP contribution >= 0.6 is 11.8 Å². The topological polar surface area (TPSA) is 81.5 Å². The summed E-state index contributed by atoms with van der Waals surface area (Å²) >= 11 is 1.63. The fraction of sp³-hybridized carbons (Fsp3) is 0.476. The van der Waals surface area contributed by atoms with Gasteiger partial charge in [0, 0.05) is 19.1 Å². The van der Waals surface area contributed by atoms with Crippen molar-refractivity contribution in [3.05, 3.63) is 52.7 Å². The number of aryl methyl sites for hydroxylation is 1. The van der Waals surface area contributed by atoms with Gasteiger partial charge in [-0.15, -0.1) is 0 Å². The Morgan fingerprint density at radius 3 is 2.89 bits per heavy atom. The molecule has 2 aliphatic rings. The molecule has 27 heavy (non-hydrogen) atoms. The number of nitrogens with zero attached hydrogens (tertiary/aromatic N) is 2. The van der Waals surface area contributed by atoms with Crippen molar-refractivity contribution in [3.8, 4) is 0 Å². The van der Waals surface area contributed by atoms with E-state index >= 15 is 0 Å². The van der Waals surface area contributed by atoms with Gasteiger partial charge in [-0.2, -0.15) is 0 Å². The van der Waals surface area contributed by atoms with E-state index in [1.165, 1.54) is 17.4 Å². The second-order valence-electron chi connectivity index (χ2n) is 8.44. The standard InChI is InChI=1S/C21H25N3O2S/c1-13-23-17(11-26-13)18(25)9-14-4-5-15-10-20(2,3)12-21(16(15)8-14)6-7-27-19(22)24-21/h4-5,8,11H,6-7,9-10,12H2,1-3H3,(H2,22,24). The smallest absolute Gasteiger partial charge is 0.191 e. The maximum Gasteiger partial charge on any atom is 0.191 e. The Labute approximate surface area is 163 Å². The molecule has 4 rings (SSSR count). The molecule has 2 aromatic rings. The van der Waals surface area contributed by atoms with Gasteiger partial charge in [0.25, 0.3) is 0 Å². The number of Topliss-reactive ketones (excluding diaryl/α,β-unsaturated/α-hetero) is 1. The second-order valence-corrected chi connectivity index (χ2v) is 9.56. The number of aliphatic imine (C=N–C) groups is 1. The summed E-state index contributed by atoms with van der Waals surface area (Å²) in [4.78, 5) is 21.6. The van der Waals surface area contributed by atoms with E-state index in [1.807, 2.05) is 0 Å². The fourth-order valence-corrected chi connectivity index (χ4v) is 5.39. The van der Waals surface area contributed by atoms with Crippen LogP contribution in [-0.4, -0.2) is 21.7 Å². The third-order valence-electron chi connectivity index (χ3n) is 5.47. The summed E-state index contributed by atoms with van der Waals surface area (Å²) in [5.74, 6) is 1.46. The van der Waals surface area contributed by atoms with Crippen LogP contribution < -0.4 is 5.73 Å². The summed E-state index contributed by atoms with van der Waals surface area (Å²) in [6, 6.07) is 6.40. The number of hydrogen-bond acceptors (Lipinski definition) is 6. The zero-order valence-corrected chi connectivity index (χ0v) is 16.9. The number of rotatable bonds is 3. The Morgan fingerprint density at radius 2 is 2.19 bits per heavy atom. The molecule has 1 aliphatic carbocycles. The van der Waals surface area contributed by atoms with Crippen LogP contribution in [0, 0.1) is 12.3 Å². The summed E-state index contributed by atoms with van der Waals surface area (Å²) < 4.78 is 5.17. The van der Waals surface area contributed by atoms with Gasteiger partial charge in [0.05, 0.1) is 5.54 Å². The molecule has 1 aromatic heterocycles. The molecule has 0 bridgehead atoms. The summed E-state index contributed by atoms with van der Waals surface area (Å²) in [6.45, 7) is 6.34. The zero-order valence-electron chi connectivity index (χ0n) is 16.0. The lowest BCUT2D eigenvalue weighted by Crippen LogP contribution is -2.41. The summed E-state index contributed by atoms with van der Waals surface area (Å²) in [6.07, 6.45) is 4.72. The molecule has 0 saturated heterocycles. The first-order valence-corrected chi connectivity index (χ1v) is 10.3. The Hall–Kier alpha value is -2.08. The number of carbonyl (C=O) groups is 1. The molecule has 6 heteroatoms. The average molecular weight is 384 g/mol. The molecule has 142 valence electrons. The molecule has 0 saturated carbocycles. The molecule has 1 aliphatic heterocycles. The first-order chi connectivity index (χ1) is 12.8. The van der Waals surface area contributed by atoms with Crippen molar-refractivity contribution in [2.24, 2.45) is 16.1 Å². The summed E-state index contributed by atoms with van der Waals surface area (Å²) in [5, 5.41) is 0.671. The van der Waals surface area contributed by atoms with E-state index in [-0.39, 0.29) is 16.7 Å². The van der Waals surface area contributed by atoms with Crippen molar-refractivity contribution in [1.82, 2.24) is 4.98 Å². The van der Waals surface area contributed by atoms with Crippen molar-refractivity contribution in [3.63, 3.8) is 0 Å². The normalized spacial score (nSPS) is 23.7. The fourth-order valence-electron chi connectivity index (χ4n) is 4.50. The minimum Gasteiger partial charge on any atom is -0.449 e. The van der Waals surface area contributed by atoms with Crippen LogP contribution in [0.15, 0.2) is 33.9 Å². The van der Waals surface area contributed by atoms with E-state index in [2.05, 4.69) is 37.0 Å². The molecule has 1 unspecified atom stereocenters. The van der Waals surface area contributed by atoms with E-state index in [1.54, 1.807) is 18.7 Å². The molecular weight excluding hydrogens is 358 g/mol. The van der Waals surface area contributed by atoms with Gasteiger partial charge < -0.3 is 10.2 Å². The Morgan fingerprint density at radius 1 is 1.37 bits per heavy atom. The highest BCUT2D eigenvalue weighted by Gasteiger charge is 2.45. The van der Waals surface area contributed by atoms with Crippen LogP contribution in [0.2, 0.25) is 0 Å². The average Bonchev–Trinajstić information content (AvgIpc) is 3.01. The van der Waals surface area contributed by atoms with Gasteiger partial charge in [0.2, 0.25) is 0 Å². The lowest BCUT2D eigenvalue weighted by atomic mass is 9.64. The molecule has 0 fully saturated rings. The zero-order chi connectivity index (χ0) is 19.2. The maximum atomic E-state index is 12.5. The predicted molar refractivity (Wildman–Crippen MR) is 108 cm³/mol. The Bertz CT molecular complexity index is 931. The van der Waals surface area contributed by atoms with Crippen molar-refractivity contribution in [2.75, 3.05) is 5.75 Å². The number of carbonyl (C=O) groups excluding carboxylic acids is 1. The maximum absolute atomic E-state index is 12.5. The number of fused-ring (bicyclic) bond motifs is 2. The number of thioether (sulfide) groups is 1. The number of ketones is 1. The number of nitrogens with two attached hydrogens (primary N) is 1. The molecule has 1 aromatic carbocycles. The van der Waals surface area contributed by atoms with Gasteiger partial charge in [-0.3, -0.25) is 9.79 Å². The SMILES string of the molecule is Cc1nc(C(=O)Cc2ccc3c(c2)C2(CCSC(N)=N2)CC(C)(C)C3)co1. The Balaban J connectivity index is 1.71. The van der Waals surface area contributed by atoms with Gasteiger partial charge >= 0.3 is 0 Å². The molecule has 1 atom stereocenters. The van der Waals surface area contributed by atoms with E-state index in [0.717, 1.165) is 30.6 Å². The molecular formula is C21H25N3O2S. The van der Waals surface area contributed by atoms with Gasteiger partial charge in [0.15, 0.2) is 16.8 Å². The number of oxazole rings is 1. The summed E-state index contributed by atoms with van der Waals surface area (Å²) in [5.41, 5.74) is 9.97. The molecule has 2 heterocycles. The second kappa shape index (κ2) is 6.51. The first-order valence-electron chi connectivity index (χ1n) is 9.32. The Kier molecular flexibility index (Phi) is 4.41.